The monoisotopic (exact) mass is 208 g/mol. The summed E-state index contributed by atoms with van der Waals surface area (Å²) in [5.41, 5.74) is 0.313. The molecule has 0 aliphatic heterocycles. The number of hydrogen-bond donors (Lipinski definition) is 1. The molecule has 3 nitrogen and oxygen atoms in total. The van der Waals surface area contributed by atoms with Crippen LogP contribution in [0, 0.1) is 5.82 Å². The van der Waals surface area contributed by atoms with Crippen molar-refractivity contribution in [1.82, 2.24) is 5.32 Å². The fourth-order valence-corrected chi connectivity index (χ4v) is 1.14. The van der Waals surface area contributed by atoms with Crippen LogP contribution in [0.25, 0.3) is 0 Å². The second kappa shape index (κ2) is 5.24. The molecule has 0 bridgehead atoms. The van der Waals surface area contributed by atoms with Gasteiger partial charge < -0.3 is 5.32 Å². The lowest BCUT2D eigenvalue weighted by Crippen LogP contribution is -2.34. The zero-order valence-electron chi connectivity index (χ0n) is 8.29. The van der Waals surface area contributed by atoms with Crippen molar-refractivity contribution in [3.05, 3.63) is 35.6 Å². The van der Waals surface area contributed by atoms with Gasteiger partial charge >= 0.3 is 0 Å². The second-order valence-corrected chi connectivity index (χ2v) is 3.18. The standard InChI is InChI=1S/C11H11FNO2/c1-8(7-14)13-11(15)6-9-4-2-3-5-10(9)12/h2-5,8H,6H2,1H3,(H,13,15)/t8-/m0/s1. The van der Waals surface area contributed by atoms with Gasteiger partial charge in [0.25, 0.3) is 0 Å². The minimum absolute atomic E-state index is 0.0707. The van der Waals surface area contributed by atoms with Gasteiger partial charge in [0.15, 0.2) is 0 Å². The van der Waals surface area contributed by atoms with Crippen molar-refractivity contribution in [1.29, 1.82) is 0 Å². The first kappa shape index (κ1) is 11.4. The van der Waals surface area contributed by atoms with E-state index in [-0.39, 0.29) is 6.42 Å². The molecule has 1 atom stereocenters. The maximum Gasteiger partial charge on any atom is 0.225 e. The average molecular weight is 208 g/mol. The molecule has 0 fully saturated rings. The first-order valence-corrected chi connectivity index (χ1v) is 4.54. The molecule has 0 unspecified atom stereocenters. The molecule has 1 radical (unpaired) electrons. The van der Waals surface area contributed by atoms with E-state index in [9.17, 15) is 14.0 Å². The Morgan fingerprint density at radius 3 is 2.80 bits per heavy atom. The van der Waals surface area contributed by atoms with Crippen LogP contribution in [0.4, 0.5) is 4.39 Å². The van der Waals surface area contributed by atoms with E-state index in [0.29, 0.717) is 5.56 Å². The number of benzene rings is 1. The predicted molar refractivity (Wildman–Crippen MR) is 53.4 cm³/mol. The highest BCUT2D eigenvalue weighted by molar-refractivity contribution is 5.81. The van der Waals surface area contributed by atoms with Crippen molar-refractivity contribution in [3.8, 4) is 0 Å². The Morgan fingerprint density at radius 1 is 1.53 bits per heavy atom. The summed E-state index contributed by atoms with van der Waals surface area (Å²) in [5, 5.41) is 2.38. The van der Waals surface area contributed by atoms with Crippen LogP contribution in [-0.4, -0.2) is 18.2 Å². The maximum absolute atomic E-state index is 13.1. The quantitative estimate of drug-likeness (QED) is 0.801. The Hall–Kier alpha value is -1.71. The fourth-order valence-electron chi connectivity index (χ4n) is 1.14. The fraction of sp³-hybridized carbons (Fsp3) is 0.273. The van der Waals surface area contributed by atoms with E-state index in [1.54, 1.807) is 18.4 Å². The molecular formula is C11H11FNO2. The Bertz CT molecular complexity index is 365. The Balaban J connectivity index is 2.59. The number of rotatable bonds is 4. The van der Waals surface area contributed by atoms with E-state index >= 15 is 0 Å². The van der Waals surface area contributed by atoms with Gasteiger partial charge in [-0.1, -0.05) is 18.2 Å². The van der Waals surface area contributed by atoms with Crippen molar-refractivity contribution in [2.75, 3.05) is 0 Å². The summed E-state index contributed by atoms with van der Waals surface area (Å²) in [6.07, 6.45) is 1.55. The van der Waals surface area contributed by atoms with Crippen molar-refractivity contribution in [2.45, 2.75) is 19.4 Å². The summed E-state index contributed by atoms with van der Waals surface area (Å²) in [6.45, 7) is 1.51. The third-order valence-electron chi connectivity index (χ3n) is 1.86. The molecule has 0 aromatic heterocycles. The van der Waals surface area contributed by atoms with E-state index in [1.165, 1.54) is 19.1 Å². The lowest BCUT2D eigenvalue weighted by Gasteiger charge is -2.06. The molecule has 0 saturated heterocycles. The van der Waals surface area contributed by atoms with Gasteiger partial charge in [0.1, 0.15) is 5.82 Å². The molecular weight excluding hydrogens is 197 g/mol. The van der Waals surface area contributed by atoms with E-state index < -0.39 is 17.8 Å². The third-order valence-corrected chi connectivity index (χ3v) is 1.86. The molecule has 15 heavy (non-hydrogen) atoms. The summed E-state index contributed by atoms with van der Waals surface area (Å²) < 4.78 is 13.1. The highest BCUT2D eigenvalue weighted by atomic mass is 19.1. The van der Waals surface area contributed by atoms with Gasteiger partial charge in [0.05, 0.1) is 12.5 Å². The summed E-state index contributed by atoms with van der Waals surface area (Å²) in [6, 6.07) is 5.37. The van der Waals surface area contributed by atoms with Crippen molar-refractivity contribution >= 4 is 12.2 Å². The molecule has 1 aromatic rings. The minimum Gasteiger partial charge on any atom is -0.346 e. The molecule has 0 aliphatic carbocycles. The van der Waals surface area contributed by atoms with Gasteiger partial charge in [-0.05, 0) is 18.6 Å². The van der Waals surface area contributed by atoms with Gasteiger partial charge in [0.2, 0.25) is 12.2 Å². The third kappa shape index (κ3) is 3.50. The number of carbonyl (C=O) groups excluding carboxylic acids is 2. The minimum atomic E-state index is -0.663. The maximum atomic E-state index is 13.1. The number of hydrogen-bond acceptors (Lipinski definition) is 2. The van der Waals surface area contributed by atoms with Crippen LogP contribution < -0.4 is 5.32 Å². The average Bonchev–Trinajstić information content (AvgIpc) is 2.21. The summed E-state index contributed by atoms with van der Waals surface area (Å²) >= 11 is 0. The number of carbonyl (C=O) groups is 1. The normalized spacial score (nSPS) is 11.9. The van der Waals surface area contributed by atoms with Gasteiger partial charge in [0, 0.05) is 0 Å². The van der Waals surface area contributed by atoms with Gasteiger partial charge in [-0.25, -0.2) is 4.39 Å². The van der Waals surface area contributed by atoms with Crippen LogP contribution in [0.2, 0.25) is 0 Å². The first-order chi connectivity index (χ1) is 7.13. The molecule has 0 saturated carbocycles. The second-order valence-electron chi connectivity index (χ2n) is 3.18. The molecule has 0 heterocycles. The molecule has 4 heteroatoms. The van der Waals surface area contributed by atoms with Crippen molar-refractivity contribution in [3.63, 3.8) is 0 Å². The van der Waals surface area contributed by atoms with Crippen LogP contribution in [-0.2, 0) is 16.0 Å². The molecule has 79 valence electrons. The van der Waals surface area contributed by atoms with E-state index in [1.807, 2.05) is 0 Å². The first-order valence-electron chi connectivity index (χ1n) is 4.54. The highest BCUT2D eigenvalue weighted by Gasteiger charge is 2.09. The van der Waals surface area contributed by atoms with Crippen LogP contribution in [0.3, 0.4) is 0 Å². The van der Waals surface area contributed by atoms with Crippen LogP contribution >= 0.6 is 0 Å². The van der Waals surface area contributed by atoms with Gasteiger partial charge in [-0.15, -0.1) is 0 Å². The van der Waals surface area contributed by atoms with Crippen molar-refractivity contribution < 1.29 is 14.0 Å². The molecule has 0 aliphatic rings. The number of halogens is 1. The lowest BCUT2D eigenvalue weighted by atomic mass is 10.1. The highest BCUT2D eigenvalue weighted by Crippen LogP contribution is 2.06. The van der Waals surface area contributed by atoms with Gasteiger partial charge in [-0.2, -0.15) is 0 Å². The van der Waals surface area contributed by atoms with E-state index in [4.69, 9.17) is 0 Å². The Labute approximate surface area is 87.3 Å². The van der Waals surface area contributed by atoms with Crippen molar-refractivity contribution in [2.24, 2.45) is 0 Å². The van der Waals surface area contributed by atoms with Gasteiger partial charge in [-0.3, -0.25) is 9.59 Å². The summed E-state index contributed by atoms with van der Waals surface area (Å²) in [5.74, 6) is -0.814. The molecule has 1 N–H and O–H groups in total. The smallest absolute Gasteiger partial charge is 0.225 e. The predicted octanol–water partition coefficient (Wildman–Crippen LogP) is 0.983. The lowest BCUT2D eigenvalue weighted by molar-refractivity contribution is -0.120. The topological polar surface area (TPSA) is 46.2 Å². The molecule has 0 spiro atoms. The number of nitrogens with one attached hydrogen (secondary N) is 1. The zero-order valence-corrected chi connectivity index (χ0v) is 8.29. The van der Waals surface area contributed by atoms with Crippen LogP contribution in [0.1, 0.15) is 12.5 Å². The summed E-state index contributed by atoms with van der Waals surface area (Å²) in [4.78, 5) is 21.4. The Morgan fingerprint density at radius 2 is 2.20 bits per heavy atom. The Kier molecular flexibility index (Phi) is 3.97. The summed E-state index contributed by atoms with van der Waals surface area (Å²) in [7, 11) is 0. The zero-order chi connectivity index (χ0) is 11.3. The molecule has 1 aromatic carbocycles. The van der Waals surface area contributed by atoms with E-state index in [2.05, 4.69) is 5.32 Å². The molecule has 1 rings (SSSR count). The SMILES string of the molecule is C[C@@H]([C]=O)NC(=O)Cc1ccccc1F. The molecule has 1 amide bonds. The largest absolute Gasteiger partial charge is 0.346 e. The van der Waals surface area contributed by atoms with Crippen LogP contribution in [0.5, 0.6) is 0 Å². The van der Waals surface area contributed by atoms with E-state index in [0.717, 1.165) is 0 Å². The van der Waals surface area contributed by atoms with Crippen LogP contribution in [0.15, 0.2) is 24.3 Å². The number of amides is 1.